The quantitative estimate of drug-likeness (QED) is 0.872. The van der Waals surface area contributed by atoms with Gasteiger partial charge in [-0.15, -0.1) is 0 Å². The van der Waals surface area contributed by atoms with Crippen molar-refractivity contribution in [1.82, 2.24) is 10.6 Å². The second kappa shape index (κ2) is 6.20. The molecule has 1 fully saturated rings. The summed E-state index contributed by atoms with van der Waals surface area (Å²) in [7, 11) is 0. The van der Waals surface area contributed by atoms with Gasteiger partial charge in [0.2, 0.25) is 5.91 Å². The van der Waals surface area contributed by atoms with E-state index in [0.717, 1.165) is 18.7 Å². The van der Waals surface area contributed by atoms with Gasteiger partial charge in [0.15, 0.2) is 0 Å². The Kier molecular flexibility index (Phi) is 4.59. The third kappa shape index (κ3) is 3.57. The third-order valence-corrected chi connectivity index (χ3v) is 3.97. The molecular formula is C16H24N2O. The Bertz CT molecular complexity index is 425. The molecule has 0 aliphatic carbocycles. The number of hydrogen-bond acceptors (Lipinski definition) is 2. The first-order valence-electron chi connectivity index (χ1n) is 7.15. The lowest BCUT2D eigenvalue weighted by molar-refractivity contribution is -0.125. The molecule has 1 aromatic carbocycles. The summed E-state index contributed by atoms with van der Waals surface area (Å²) in [5.41, 5.74) is 2.50. The fraction of sp³-hybridized carbons (Fsp3) is 0.562. The predicted molar refractivity (Wildman–Crippen MR) is 77.9 cm³/mol. The van der Waals surface area contributed by atoms with Crippen LogP contribution < -0.4 is 10.6 Å². The van der Waals surface area contributed by atoms with E-state index in [0.29, 0.717) is 18.4 Å². The van der Waals surface area contributed by atoms with Crippen molar-refractivity contribution in [3.8, 4) is 0 Å². The molecule has 1 heterocycles. The smallest absolute Gasteiger partial charge is 0.224 e. The molecule has 0 aromatic heterocycles. The van der Waals surface area contributed by atoms with Crippen LogP contribution in [0.1, 0.15) is 37.8 Å². The minimum atomic E-state index is 0.120. The van der Waals surface area contributed by atoms with Gasteiger partial charge in [0.05, 0.1) is 5.92 Å². The zero-order valence-corrected chi connectivity index (χ0v) is 12.1. The van der Waals surface area contributed by atoms with Gasteiger partial charge in [-0.1, -0.05) is 45.0 Å². The van der Waals surface area contributed by atoms with Gasteiger partial charge in [-0.05, 0) is 29.5 Å². The van der Waals surface area contributed by atoms with Crippen LogP contribution >= 0.6 is 0 Å². The Balaban J connectivity index is 1.86. The van der Waals surface area contributed by atoms with E-state index in [1.807, 2.05) is 0 Å². The molecule has 1 saturated heterocycles. The molecule has 3 heteroatoms. The molecule has 2 atom stereocenters. The minimum Gasteiger partial charge on any atom is -0.352 e. The van der Waals surface area contributed by atoms with Gasteiger partial charge >= 0.3 is 0 Å². The molecule has 0 radical (unpaired) electrons. The van der Waals surface area contributed by atoms with Crippen molar-refractivity contribution in [3.05, 3.63) is 35.4 Å². The largest absolute Gasteiger partial charge is 0.352 e. The predicted octanol–water partition coefficient (Wildman–Crippen LogP) is 2.28. The van der Waals surface area contributed by atoms with Crippen molar-refractivity contribution >= 4 is 5.91 Å². The van der Waals surface area contributed by atoms with Gasteiger partial charge < -0.3 is 10.6 Å². The third-order valence-electron chi connectivity index (χ3n) is 3.97. The summed E-state index contributed by atoms with van der Waals surface area (Å²) < 4.78 is 0. The van der Waals surface area contributed by atoms with Crippen molar-refractivity contribution < 1.29 is 4.79 Å². The lowest BCUT2D eigenvalue weighted by Crippen LogP contribution is -2.33. The van der Waals surface area contributed by atoms with Crippen LogP contribution in [0.2, 0.25) is 0 Å². The van der Waals surface area contributed by atoms with Crippen LogP contribution in [0.15, 0.2) is 24.3 Å². The van der Waals surface area contributed by atoms with Gasteiger partial charge in [-0.2, -0.15) is 0 Å². The van der Waals surface area contributed by atoms with Crippen molar-refractivity contribution in [1.29, 1.82) is 0 Å². The van der Waals surface area contributed by atoms with Crippen LogP contribution in [0.4, 0.5) is 0 Å². The average Bonchev–Trinajstić information content (AvgIpc) is 2.83. The van der Waals surface area contributed by atoms with Gasteiger partial charge in [-0.3, -0.25) is 4.79 Å². The molecule has 1 aliphatic heterocycles. The molecule has 2 rings (SSSR count). The summed E-state index contributed by atoms with van der Waals surface area (Å²) in [6.07, 6.45) is 0. The first-order valence-corrected chi connectivity index (χ1v) is 7.15. The molecule has 0 spiro atoms. The van der Waals surface area contributed by atoms with E-state index in [9.17, 15) is 4.79 Å². The van der Waals surface area contributed by atoms with E-state index in [-0.39, 0.29) is 11.8 Å². The number of benzene rings is 1. The Labute approximate surface area is 115 Å². The SMILES string of the molecule is CC(C)c1ccc(CNC(=O)[C@@H]2CNC[C@H]2C)cc1. The molecule has 1 aromatic rings. The highest BCUT2D eigenvalue weighted by molar-refractivity contribution is 5.79. The maximum atomic E-state index is 12.1. The second-order valence-electron chi connectivity index (χ2n) is 5.86. The average molecular weight is 260 g/mol. The number of carbonyl (C=O) groups is 1. The normalized spacial score (nSPS) is 22.7. The van der Waals surface area contributed by atoms with Crippen LogP contribution in [0.3, 0.4) is 0 Å². The summed E-state index contributed by atoms with van der Waals surface area (Å²) >= 11 is 0. The molecule has 1 aliphatic rings. The van der Waals surface area contributed by atoms with E-state index in [1.165, 1.54) is 5.56 Å². The van der Waals surface area contributed by atoms with E-state index in [1.54, 1.807) is 0 Å². The Hall–Kier alpha value is -1.35. The second-order valence-corrected chi connectivity index (χ2v) is 5.86. The summed E-state index contributed by atoms with van der Waals surface area (Å²) in [4.78, 5) is 12.1. The van der Waals surface area contributed by atoms with Gasteiger partial charge in [0.25, 0.3) is 0 Å². The van der Waals surface area contributed by atoms with E-state index >= 15 is 0 Å². The number of rotatable bonds is 4. The lowest BCUT2D eigenvalue weighted by Gasteiger charge is -2.14. The monoisotopic (exact) mass is 260 g/mol. The topological polar surface area (TPSA) is 41.1 Å². The van der Waals surface area contributed by atoms with Crippen LogP contribution in [0.5, 0.6) is 0 Å². The van der Waals surface area contributed by atoms with E-state index < -0.39 is 0 Å². The standard InChI is InChI=1S/C16H24N2O/c1-11(2)14-6-4-13(5-7-14)9-18-16(19)15-10-17-8-12(15)3/h4-7,11-12,15,17H,8-10H2,1-3H3,(H,18,19)/t12-,15-/m1/s1. The maximum Gasteiger partial charge on any atom is 0.224 e. The van der Waals surface area contributed by atoms with Gasteiger partial charge in [-0.25, -0.2) is 0 Å². The van der Waals surface area contributed by atoms with Crippen molar-refractivity contribution in [2.75, 3.05) is 13.1 Å². The first-order chi connectivity index (χ1) is 9.08. The summed E-state index contributed by atoms with van der Waals surface area (Å²) in [6, 6.07) is 8.50. The first kappa shape index (κ1) is 14.1. The van der Waals surface area contributed by atoms with Crippen LogP contribution in [0.25, 0.3) is 0 Å². The number of amides is 1. The van der Waals surface area contributed by atoms with E-state index in [2.05, 4.69) is 55.7 Å². The molecule has 19 heavy (non-hydrogen) atoms. The molecular weight excluding hydrogens is 236 g/mol. The van der Waals surface area contributed by atoms with Crippen molar-refractivity contribution in [3.63, 3.8) is 0 Å². The molecule has 2 N–H and O–H groups in total. The summed E-state index contributed by atoms with van der Waals surface area (Å²) in [5.74, 6) is 1.28. The number of hydrogen-bond donors (Lipinski definition) is 2. The highest BCUT2D eigenvalue weighted by Crippen LogP contribution is 2.17. The molecule has 1 amide bonds. The Morgan fingerprint density at radius 3 is 2.53 bits per heavy atom. The molecule has 0 saturated carbocycles. The van der Waals surface area contributed by atoms with Crippen molar-refractivity contribution in [2.24, 2.45) is 11.8 Å². The Morgan fingerprint density at radius 2 is 2.00 bits per heavy atom. The molecule has 3 nitrogen and oxygen atoms in total. The van der Waals surface area contributed by atoms with E-state index in [4.69, 9.17) is 0 Å². The fourth-order valence-electron chi connectivity index (χ4n) is 2.50. The fourth-order valence-corrected chi connectivity index (χ4v) is 2.50. The van der Waals surface area contributed by atoms with Crippen LogP contribution in [0, 0.1) is 11.8 Å². The number of nitrogens with one attached hydrogen (secondary N) is 2. The number of carbonyl (C=O) groups excluding carboxylic acids is 1. The highest BCUT2D eigenvalue weighted by Gasteiger charge is 2.29. The van der Waals surface area contributed by atoms with Crippen molar-refractivity contribution in [2.45, 2.75) is 33.2 Å². The molecule has 0 unspecified atom stereocenters. The lowest BCUT2D eigenvalue weighted by atomic mass is 9.97. The van der Waals surface area contributed by atoms with Crippen LogP contribution in [-0.4, -0.2) is 19.0 Å². The Morgan fingerprint density at radius 1 is 1.32 bits per heavy atom. The van der Waals surface area contributed by atoms with Crippen LogP contribution in [-0.2, 0) is 11.3 Å². The minimum absolute atomic E-state index is 0.120. The maximum absolute atomic E-state index is 12.1. The molecule has 0 bridgehead atoms. The zero-order valence-electron chi connectivity index (χ0n) is 12.1. The summed E-state index contributed by atoms with van der Waals surface area (Å²) in [5, 5.41) is 6.30. The summed E-state index contributed by atoms with van der Waals surface area (Å²) in [6.45, 7) is 8.87. The zero-order chi connectivity index (χ0) is 13.8. The molecule has 104 valence electrons. The van der Waals surface area contributed by atoms with Gasteiger partial charge in [0, 0.05) is 13.1 Å². The van der Waals surface area contributed by atoms with Gasteiger partial charge in [0.1, 0.15) is 0 Å². The highest BCUT2D eigenvalue weighted by atomic mass is 16.1.